The van der Waals surface area contributed by atoms with Crippen molar-refractivity contribution < 1.29 is 0 Å². The van der Waals surface area contributed by atoms with E-state index in [0.717, 1.165) is 19.3 Å². The zero-order valence-electron chi connectivity index (χ0n) is 27.0. The molecule has 10 aromatic rings. The van der Waals surface area contributed by atoms with Gasteiger partial charge in [0.05, 0.1) is 0 Å². The zero-order chi connectivity index (χ0) is 32.9. The fraction of sp³-hybridized carbons (Fsp3) is 0.0667. The molecule has 4 aromatic carbocycles. The molecule has 51 heavy (non-hydrogen) atoms. The first-order valence-corrected chi connectivity index (χ1v) is 22.8. The Balaban J connectivity index is 1.32. The second kappa shape index (κ2) is 10.3. The molecule has 13 rings (SSSR count). The highest BCUT2D eigenvalue weighted by molar-refractivity contribution is 7.09. The van der Waals surface area contributed by atoms with Crippen molar-refractivity contribution in [3.8, 4) is 66.8 Å². The molecule has 0 nitrogen and oxygen atoms in total. The van der Waals surface area contributed by atoms with Crippen molar-refractivity contribution in [2.24, 2.45) is 0 Å². The predicted octanol–water partition coefficient (Wildman–Crippen LogP) is 15.2. The van der Waals surface area contributed by atoms with Crippen molar-refractivity contribution >= 4 is 100 Å². The molecule has 0 radical (unpaired) electrons. The van der Waals surface area contributed by atoms with Gasteiger partial charge < -0.3 is 0 Å². The molecular formula is C45H24S6. The van der Waals surface area contributed by atoms with E-state index in [4.69, 9.17) is 0 Å². The minimum Gasteiger partial charge on any atom is -0.152 e. The van der Waals surface area contributed by atoms with Crippen molar-refractivity contribution in [2.75, 3.05) is 0 Å². The van der Waals surface area contributed by atoms with Crippen molar-refractivity contribution in [2.45, 2.75) is 19.3 Å². The number of hydrogen-bond acceptors (Lipinski definition) is 6. The second-order valence-corrected chi connectivity index (χ2v) is 18.7. The summed E-state index contributed by atoms with van der Waals surface area (Å²) in [5.41, 5.74) is 26.2. The minimum absolute atomic E-state index is 0.962. The third kappa shape index (κ3) is 3.54. The van der Waals surface area contributed by atoms with Gasteiger partial charge in [-0.05, 0) is 253 Å². The molecule has 0 N–H and O–H groups in total. The van der Waals surface area contributed by atoms with Crippen LogP contribution in [0.2, 0.25) is 0 Å². The molecule has 3 aliphatic rings. The number of hydrogen-bond donors (Lipinski definition) is 0. The van der Waals surface area contributed by atoms with Crippen LogP contribution in [-0.4, -0.2) is 0 Å². The molecular weight excluding hydrogens is 733 g/mol. The Labute approximate surface area is 318 Å². The number of rotatable bonds is 6. The summed E-state index contributed by atoms with van der Waals surface area (Å²) in [7, 11) is 0. The summed E-state index contributed by atoms with van der Waals surface area (Å²) in [6.45, 7) is 0. The van der Waals surface area contributed by atoms with Gasteiger partial charge in [-0.15, -0.1) is 0 Å². The van der Waals surface area contributed by atoms with E-state index in [2.05, 4.69) is 101 Å². The Morgan fingerprint density at radius 3 is 0.569 bits per heavy atom. The molecule has 0 bridgehead atoms. The largest absolute Gasteiger partial charge is 0.152 e. The van der Waals surface area contributed by atoms with Crippen molar-refractivity contribution in [3.63, 3.8) is 0 Å². The van der Waals surface area contributed by atoms with Gasteiger partial charge in [-0.25, -0.2) is 0 Å². The predicted molar refractivity (Wildman–Crippen MR) is 227 cm³/mol. The third-order valence-electron chi connectivity index (χ3n) is 11.8. The van der Waals surface area contributed by atoms with Crippen LogP contribution < -0.4 is 0 Å². The van der Waals surface area contributed by atoms with Gasteiger partial charge in [-0.1, -0.05) is 0 Å². The molecule has 0 saturated heterocycles. The van der Waals surface area contributed by atoms with E-state index in [0.29, 0.717) is 0 Å². The molecule has 240 valence electrons. The quantitative estimate of drug-likeness (QED) is 0.148. The summed E-state index contributed by atoms with van der Waals surface area (Å²) in [5, 5.41) is 37.2. The average molecular weight is 757 g/mol. The molecule has 3 aliphatic carbocycles. The normalized spacial score (nSPS) is 13.6. The summed E-state index contributed by atoms with van der Waals surface area (Å²) in [6.07, 6.45) is 2.88. The Morgan fingerprint density at radius 2 is 0.431 bits per heavy atom. The number of thiophene rings is 6. The minimum atomic E-state index is 0.962. The van der Waals surface area contributed by atoms with Crippen LogP contribution in [0, 0.1) is 0 Å². The second-order valence-electron chi connectivity index (χ2n) is 14.0. The van der Waals surface area contributed by atoms with Gasteiger partial charge in [-0.3, -0.25) is 0 Å². The lowest BCUT2D eigenvalue weighted by Crippen LogP contribution is -1.98. The maximum absolute atomic E-state index is 2.39. The maximum atomic E-state index is 2.39. The molecule has 0 aliphatic heterocycles. The Hall–Kier alpha value is -4.14. The van der Waals surface area contributed by atoms with E-state index >= 15 is 0 Å². The van der Waals surface area contributed by atoms with Gasteiger partial charge in [-0.2, -0.15) is 68.0 Å². The SMILES string of the molecule is c1cc(-c2c(-c3ccsc3)c3c4c5c2Cc2c(-c6ccsc6)c(-c6ccsc6)c6c(c25)c2c(c(-c5ccsc5)c(-c5ccsc5)c(c42)C3)C6)cs1. The summed E-state index contributed by atoms with van der Waals surface area (Å²) in [4.78, 5) is 0. The lowest BCUT2D eigenvalue weighted by atomic mass is 9.84. The van der Waals surface area contributed by atoms with E-state index in [1.807, 2.05) is 68.0 Å². The van der Waals surface area contributed by atoms with Crippen molar-refractivity contribution in [1.29, 1.82) is 0 Å². The van der Waals surface area contributed by atoms with Crippen LogP contribution >= 0.6 is 68.0 Å². The van der Waals surface area contributed by atoms with Gasteiger partial charge in [0, 0.05) is 0 Å². The third-order valence-corrected chi connectivity index (χ3v) is 15.9. The van der Waals surface area contributed by atoms with E-state index < -0.39 is 0 Å². The van der Waals surface area contributed by atoms with Gasteiger partial charge in [0.1, 0.15) is 0 Å². The first kappa shape index (κ1) is 28.4. The molecule has 0 spiro atoms. The monoisotopic (exact) mass is 756 g/mol. The molecule has 6 aromatic heterocycles. The summed E-state index contributed by atoms with van der Waals surface area (Å²) in [5.74, 6) is 0. The van der Waals surface area contributed by atoms with Crippen LogP contribution in [0.15, 0.2) is 101 Å². The molecule has 6 heterocycles. The Morgan fingerprint density at radius 1 is 0.255 bits per heavy atom. The van der Waals surface area contributed by atoms with E-state index in [1.165, 1.54) is 100 Å². The Bertz CT molecular complexity index is 2480. The molecule has 0 saturated carbocycles. The smallest absolute Gasteiger partial charge is 0.0000195 e. The summed E-state index contributed by atoms with van der Waals surface area (Å²) < 4.78 is 0. The average Bonchev–Trinajstić information content (AvgIpc) is 4.01. The highest BCUT2D eigenvalue weighted by atomic mass is 32.1. The van der Waals surface area contributed by atoms with E-state index in [-0.39, 0.29) is 0 Å². The van der Waals surface area contributed by atoms with Crippen LogP contribution in [0.4, 0.5) is 0 Å². The van der Waals surface area contributed by atoms with Crippen molar-refractivity contribution in [3.05, 3.63) is 134 Å². The summed E-state index contributed by atoms with van der Waals surface area (Å²) >= 11 is 10.9. The molecule has 0 unspecified atom stereocenters. The van der Waals surface area contributed by atoms with Gasteiger partial charge in [0.2, 0.25) is 0 Å². The van der Waals surface area contributed by atoms with Crippen LogP contribution in [0.25, 0.3) is 99.1 Å². The van der Waals surface area contributed by atoms with E-state index in [1.54, 1.807) is 32.3 Å². The lowest BCUT2D eigenvalue weighted by molar-refractivity contribution is 1.25. The fourth-order valence-electron chi connectivity index (χ4n) is 10.2. The molecule has 0 amide bonds. The van der Waals surface area contributed by atoms with Crippen LogP contribution in [0.5, 0.6) is 0 Å². The highest BCUT2D eigenvalue weighted by Gasteiger charge is 2.41. The first-order chi connectivity index (χ1) is 25.3. The zero-order valence-corrected chi connectivity index (χ0v) is 31.9. The highest BCUT2D eigenvalue weighted by Crippen LogP contribution is 2.64. The lowest BCUT2D eigenvalue weighted by Gasteiger charge is -2.19. The van der Waals surface area contributed by atoms with Crippen LogP contribution in [0.1, 0.15) is 33.4 Å². The first-order valence-electron chi connectivity index (χ1n) is 17.2. The molecule has 6 heteroatoms. The Kier molecular flexibility index (Phi) is 5.72. The van der Waals surface area contributed by atoms with Gasteiger partial charge >= 0.3 is 0 Å². The fourth-order valence-corrected chi connectivity index (χ4v) is 14.0. The maximum Gasteiger partial charge on any atom is -0.0000195 e. The van der Waals surface area contributed by atoms with E-state index in [9.17, 15) is 0 Å². The molecule has 0 atom stereocenters. The van der Waals surface area contributed by atoms with Gasteiger partial charge in [0.25, 0.3) is 0 Å². The topological polar surface area (TPSA) is 0 Å². The van der Waals surface area contributed by atoms with Crippen LogP contribution in [-0.2, 0) is 19.3 Å². The van der Waals surface area contributed by atoms with Crippen molar-refractivity contribution in [1.82, 2.24) is 0 Å². The summed E-state index contributed by atoms with van der Waals surface area (Å²) in [6, 6.07) is 14.2. The molecule has 0 fully saturated rings. The van der Waals surface area contributed by atoms with Crippen LogP contribution in [0.3, 0.4) is 0 Å². The number of benzene rings is 4. The standard InChI is InChI=1S/C45H24S6/c1-7-46-16-22(1)34-28-13-30-36(24-3-9-48-18-24)38(26-5-11-50-20-26)32-15-33-39(27-6-12-51-21-27)37(25-4-10-49-19-25)31-14-29(35(34)23-2-8-47-17-23)41-40(28)42(30)44(32)45(33)43(31)41/h1-12,16-21H,13-15H2. The van der Waals surface area contributed by atoms with Gasteiger partial charge in [0.15, 0.2) is 0 Å².